The Bertz CT molecular complexity index is 533. The first-order valence-corrected chi connectivity index (χ1v) is 7.29. The first-order valence-electron chi connectivity index (χ1n) is 7.29. The fraction of sp³-hybridized carbons (Fsp3) is 0.333. The molecular formula is C18H23NO. The molecule has 20 heavy (non-hydrogen) atoms. The Balaban J connectivity index is 2.20. The zero-order chi connectivity index (χ0) is 14.4. The molecule has 0 spiro atoms. The van der Waals surface area contributed by atoms with Gasteiger partial charge in [0.05, 0.1) is 18.3 Å². The molecule has 0 saturated heterocycles. The predicted octanol–water partition coefficient (Wildman–Crippen LogP) is 4.96. The van der Waals surface area contributed by atoms with E-state index in [-0.39, 0.29) is 0 Å². The summed E-state index contributed by atoms with van der Waals surface area (Å²) in [4.78, 5) is 0. The van der Waals surface area contributed by atoms with Crippen LogP contribution in [0.1, 0.15) is 37.4 Å². The van der Waals surface area contributed by atoms with Gasteiger partial charge in [-0.3, -0.25) is 0 Å². The molecule has 0 aliphatic heterocycles. The molecular weight excluding hydrogens is 246 g/mol. The Hall–Kier alpha value is -1.96. The molecule has 0 aliphatic carbocycles. The molecule has 1 N–H and O–H groups in total. The second-order valence-electron chi connectivity index (χ2n) is 4.95. The fourth-order valence-electron chi connectivity index (χ4n) is 2.27. The van der Waals surface area contributed by atoms with E-state index in [1.165, 1.54) is 11.1 Å². The largest absolute Gasteiger partial charge is 0.492 e. The van der Waals surface area contributed by atoms with E-state index < -0.39 is 0 Å². The summed E-state index contributed by atoms with van der Waals surface area (Å²) in [6, 6.07) is 17.1. The minimum atomic E-state index is 0.303. The van der Waals surface area contributed by atoms with E-state index in [9.17, 15) is 0 Å². The van der Waals surface area contributed by atoms with Crippen LogP contribution in [-0.4, -0.2) is 6.61 Å². The molecule has 0 aliphatic rings. The van der Waals surface area contributed by atoms with E-state index in [1.54, 1.807) is 0 Å². The van der Waals surface area contributed by atoms with Crippen LogP contribution in [0.5, 0.6) is 5.75 Å². The maximum Gasteiger partial charge on any atom is 0.142 e. The maximum atomic E-state index is 5.67. The second-order valence-corrected chi connectivity index (χ2v) is 4.95. The Labute approximate surface area is 121 Å². The van der Waals surface area contributed by atoms with Crippen molar-refractivity contribution in [2.45, 2.75) is 33.2 Å². The molecule has 0 radical (unpaired) electrons. The highest BCUT2D eigenvalue weighted by atomic mass is 16.5. The van der Waals surface area contributed by atoms with Gasteiger partial charge in [0, 0.05) is 0 Å². The maximum absolute atomic E-state index is 5.67. The highest BCUT2D eigenvalue weighted by molar-refractivity contribution is 5.57. The Morgan fingerprint density at radius 1 is 1.00 bits per heavy atom. The lowest BCUT2D eigenvalue weighted by molar-refractivity contribution is 0.341. The molecule has 0 saturated carbocycles. The zero-order valence-corrected chi connectivity index (χ0v) is 12.5. The number of nitrogens with one attached hydrogen (secondary N) is 1. The summed E-state index contributed by atoms with van der Waals surface area (Å²) < 4.78 is 5.67. The number of rotatable bonds is 6. The topological polar surface area (TPSA) is 21.3 Å². The Morgan fingerprint density at radius 2 is 1.70 bits per heavy atom. The van der Waals surface area contributed by atoms with Crippen LogP contribution in [0.15, 0.2) is 48.5 Å². The molecule has 2 heteroatoms. The molecule has 1 unspecified atom stereocenters. The average molecular weight is 269 g/mol. The number of hydrogen-bond acceptors (Lipinski definition) is 2. The van der Waals surface area contributed by atoms with Crippen LogP contribution in [0.25, 0.3) is 0 Å². The summed E-state index contributed by atoms with van der Waals surface area (Å²) in [5.74, 6) is 0.917. The highest BCUT2D eigenvalue weighted by Gasteiger charge is 2.11. The smallest absolute Gasteiger partial charge is 0.142 e. The van der Waals surface area contributed by atoms with Crippen LogP contribution in [0.2, 0.25) is 0 Å². The molecule has 0 aromatic heterocycles. The lowest BCUT2D eigenvalue weighted by Gasteiger charge is -2.21. The van der Waals surface area contributed by atoms with Gasteiger partial charge in [-0.25, -0.2) is 0 Å². The third-order valence-electron chi connectivity index (χ3n) is 3.40. The van der Waals surface area contributed by atoms with Gasteiger partial charge in [0.1, 0.15) is 5.75 Å². The summed E-state index contributed by atoms with van der Waals surface area (Å²) in [6.45, 7) is 7.00. The molecule has 0 amide bonds. The van der Waals surface area contributed by atoms with Crippen LogP contribution < -0.4 is 10.1 Å². The number of anilines is 1. The SMILES string of the molecule is CCOc1ccccc1NC(CC)c1ccc(C)cc1. The van der Waals surface area contributed by atoms with Crippen molar-refractivity contribution in [2.24, 2.45) is 0 Å². The van der Waals surface area contributed by atoms with Crippen LogP contribution >= 0.6 is 0 Å². The van der Waals surface area contributed by atoms with Crippen LogP contribution in [-0.2, 0) is 0 Å². The quantitative estimate of drug-likeness (QED) is 0.800. The normalized spacial score (nSPS) is 11.9. The molecule has 0 fully saturated rings. The van der Waals surface area contributed by atoms with Crippen LogP contribution in [0.4, 0.5) is 5.69 Å². The Morgan fingerprint density at radius 3 is 2.35 bits per heavy atom. The molecule has 1 atom stereocenters. The number of aryl methyl sites for hydroxylation is 1. The van der Waals surface area contributed by atoms with Crippen molar-refractivity contribution in [3.8, 4) is 5.75 Å². The Kier molecular flexibility index (Phi) is 5.05. The monoisotopic (exact) mass is 269 g/mol. The molecule has 2 aromatic carbocycles. The molecule has 2 rings (SSSR count). The fourth-order valence-corrected chi connectivity index (χ4v) is 2.27. The first kappa shape index (κ1) is 14.4. The van der Waals surface area contributed by atoms with Gasteiger partial charge in [-0.2, -0.15) is 0 Å². The third-order valence-corrected chi connectivity index (χ3v) is 3.40. The van der Waals surface area contributed by atoms with Gasteiger partial charge in [0.15, 0.2) is 0 Å². The van der Waals surface area contributed by atoms with Gasteiger partial charge in [0.25, 0.3) is 0 Å². The minimum Gasteiger partial charge on any atom is -0.492 e. The molecule has 106 valence electrons. The van der Waals surface area contributed by atoms with Gasteiger partial charge < -0.3 is 10.1 Å². The number of benzene rings is 2. The molecule has 2 aromatic rings. The minimum absolute atomic E-state index is 0.303. The van der Waals surface area contributed by atoms with Crippen LogP contribution in [0.3, 0.4) is 0 Å². The van der Waals surface area contributed by atoms with E-state index in [2.05, 4.69) is 49.5 Å². The standard InChI is InChI=1S/C18H23NO/c1-4-16(15-12-10-14(3)11-13-15)19-17-8-6-7-9-18(17)20-5-2/h6-13,16,19H,4-5H2,1-3H3. The van der Waals surface area contributed by atoms with E-state index in [1.807, 2.05) is 25.1 Å². The van der Waals surface area contributed by atoms with Gasteiger partial charge in [-0.1, -0.05) is 48.9 Å². The van der Waals surface area contributed by atoms with Gasteiger partial charge in [-0.15, -0.1) is 0 Å². The van der Waals surface area contributed by atoms with Crippen molar-refractivity contribution in [3.05, 3.63) is 59.7 Å². The molecule has 2 nitrogen and oxygen atoms in total. The zero-order valence-electron chi connectivity index (χ0n) is 12.5. The van der Waals surface area contributed by atoms with Crippen LogP contribution in [0, 0.1) is 6.92 Å². The number of hydrogen-bond donors (Lipinski definition) is 1. The lowest BCUT2D eigenvalue weighted by Crippen LogP contribution is -2.10. The first-order chi connectivity index (χ1) is 9.74. The molecule has 0 bridgehead atoms. The van der Waals surface area contributed by atoms with E-state index in [4.69, 9.17) is 4.74 Å². The van der Waals surface area contributed by atoms with E-state index in [0.717, 1.165) is 17.9 Å². The average Bonchev–Trinajstić information content (AvgIpc) is 2.48. The summed E-state index contributed by atoms with van der Waals surface area (Å²) in [5.41, 5.74) is 3.66. The van der Waals surface area contributed by atoms with E-state index >= 15 is 0 Å². The third kappa shape index (κ3) is 3.53. The van der Waals surface area contributed by atoms with Crippen molar-refractivity contribution in [3.63, 3.8) is 0 Å². The van der Waals surface area contributed by atoms with Gasteiger partial charge in [-0.05, 0) is 38.0 Å². The molecule has 0 heterocycles. The summed E-state index contributed by atoms with van der Waals surface area (Å²) >= 11 is 0. The summed E-state index contributed by atoms with van der Waals surface area (Å²) in [6.07, 6.45) is 1.03. The van der Waals surface area contributed by atoms with Crippen molar-refractivity contribution in [2.75, 3.05) is 11.9 Å². The van der Waals surface area contributed by atoms with E-state index in [0.29, 0.717) is 12.6 Å². The van der Waals surface area contributed by atoms with Gasteiger partial charge in [0.2, 0.25) is 0 Å². The number of para-hydroxylation sites is 2. The summed E-state index contributed by atoms with van der Waals surface area (Å²) in [7, 11) is 0. The summed E-state index contributed by atoms with van der Waals surface area (Å²) in [5, 5.41) is 3.59. The van der Waals surface area contributed by atoms with Crippen molar-refractivity contribution >= 4 is 5.69 Å². The van der Waals surface area contributed by atoms with Gasteiger partial charge >= 0.3 is 0 Å². The van der Waals surface area contributed by atoms with Crippen molar-refractivity contribution < 1.29 is 4.74 Å². The number of ether oxygens (including phenoxy) is 1. The lowest BCUT2D eigenvalue weighted by atomic mass is 10.0. The second kappa shape index (κ2) is 6.99. The predicted molar refractivity (Wildman–Crippen MR) is 85.4 cm³/mol. The van der Waals surface area contributed by atoms with Crippen molar-refractivity contribution in [1.82, 2.24) is 0 Å². The highest BCUT2D eigenvalue weighted by Crippen LogP contribution is 2.29. The van der Waals surface area contributed by atoms with Crippen molar-refractivity contribution in [1.29, 1.82) is 0 Å².